The standard InChI is InChI=1S/C16H22ClNO/c17-15-6-3-7-16(14(15)11-19)18-9-8-12-4-1-2-5-13(12)10-18/h3,6-7,12-13,19H,1-2,4-5,8-11H2. The Morgan fingerprint density at radius 1 is 1.16 bits per heavy atom. The first-order valence-electron chi connectivity index (χ1n) is 7.43. The van der Waals surface area contributed by atoms with E-state index in [1.807, 2.05) is 12.1 Å². The molecular formula is C16H22ClNO. The Bertz CT molecular complexity index is 448. The summed E-state index contributed by atoms with van der Waals surface area (Å²) in [5.41, 5.74) is 2.03. The van der Waals surface area contributed by atoms with Gasteiger partial charge in [0.1, 0.15) is 0 Å². The fraction of sp³-hybridized carbons (Fsp3) is 0.625. The van der Waals surface area contributed by atoms with Crippen molar-refractivity contribution in [3.8, 4) is 0 Å². The number of anilines is 1. The highest BCUT2D eigenvalue weighted by Gasteiger charge is 2.31. The topological polar surface area (TPSA) is 23.5 Å². The first-order chi connectivity index (χ1) is 9.29. The molecule has 2 atom stereocenters. The van der Waals surface area contributed by atoms with E-state index in [-0.39, 0.29) is 6.61 Å². The number of fused-ring (bicyclic) bond motifs is 1. The van der Waals surface area contributed by atoms with Crippen LogP contribution in [-0.2, 0) is 6.61 Å². The van der Waals surface area contributed by atoms with Crippen LogP contribution in [0.4, 0.5) is 5.69 Å². The molecule has 0 spiro atoms. The maximum absolute atomic E-state index is 9.55. The van der Waals surface area contributed by atoms with Crippen molar-refractivity contribution in [1.82, 2.24) is 0 Å². The maximum atomic E-state index is 9.55. The molecule has 2 aliphatic rings. The molecular weight excluding hydrogens is 258 g/mol. The van der Waals surface area contributed by atoms with Crippen LogP contribution in [0.2, 0.25) is 5.02 Å². The van der Waals surface area contributed by atoms with Crippen molar-refractivity contribution < 1.29 is 5.11 Å². The quantitative estimate of drug-likeness (QED) is 0.889. The second-order valence-corrected chi connectivity index (χ2v) is 6.34. The molecule has 1 saturated heterocycles. The smallest absolute Gasteiger partial charge is 0.0716 e. The van der Waals surface area contributed by atoms with Gasteiger partial charge < -0.3 is 10.0 Å². The van der Waals surface area contributed by atoms with Crippen LogP contribution < -0.4 is 4.90 Å². The highest BCUT2D eigenvalue weighted by molar-refractivity contribution is 6.31. The number of aliphatic hydroxyl groups excluding tert-OH is 1. The minimum atomic E-state index is 0.0274. The zero-order valence-corrected chi connectivity index (χ0v) is 12.1. The van der Waals surface area contributed by atoms with Crippen LogP contribution in [0, 0.1) is 11.8 Å². The predicted molar refractivity (Wildman–Crippen MR) is 79.7 cm³/mol. The van der Waals surface area contributed by atoms with Gasteiger partial charge in [-0.2, -0.15) is 0 Å². The molecule has 1 saturated carbocycles. The Hall–Kier alpha value is -0.730. The lowest BCUT2D eigenvalue weighted by atomic mass is 9.75. The average molecular weight is 280 g/mol. The molecule has 104 valence electrons. The van der Waals surface area contributed by atoms with Gasteiger partial charge in [0.05, 0.1) is 6.61 Å². The summed E-state index contributed by atoms with van der Waals surface area (Å²) >= 11 is 6.20. The average Bonchev–Trinajstić information content (AvgIpc) is 2.46. The lowest BCUT2D eigenvalue weighted by molar-refractivity contribution is 0.202. The molecule has 19 heavy (non-hydrogen) atoms. The van der Waals surface area contributed by atoms with E-state index in [4.69, 9.17) is 11.6 Å². The van der Waals surface area contributed by atoms with Crippen LogP contribution in [-0.4, -0.2) is 18.2 Å². The van der Waals surface area contributed by atoms with E-state index in [0.29, 0.717) is 5.02 Å². The van der Waals surface area contributed by atoms with Crippen molar-refractivity contribution in [2.24, 2.45) is 11.8 Å². The minimum absolute atomic E-state index is 0.0274. The molecule has 1 aliphatic carbocycles. The molecule has 2 fully saturated rings. The summed E-state index contributed by atoms with van der Waals surface area (Å²) in [5.74, 6) is 1.77. The van der Waals surface area contributed by atoms with E-state index in [0.717, 1.165) is 36.2 Å². The number of aliphatic hydroxyl groups is 1. The molecule has 3 heteroatoms. The largest absolute Gasteiger partial charge is 0.392 e. The van der Waals surface area contributed by atoms with Crippen LogP contribution >= 0.6 is 11.6 Å². The molecule has 1 heterocycles. The lowest BCUT2D eigenvalue weighted by Gasteiger charge is -2.43. The van der Waals surface area contributed by atoms with Crippen molar-refractivity contribution >= 4 is 17.3 Å². The van der Waals surface area contributed by atoms with E-state index >= 15 is 0 Å². The number of rotatable bonds is 2. The normalized spacial score (nSPS) is 27.2. The van der Waals surface area contributed by atoms with Gasteiger partial charge in [-0.15, -0.1) is 0 Å². The van der Waals surface area contributed by atoms with Gasteiger partial charge >= 0.3 is 0 Å². The van der Waals surface area contributed by atoms with Crippen LogP contribution in [0.3, 0.4) is 0 Å². The Morgan fingerprint density at radius 2 is 1.95 bits per heavy atom. The number of benzene rings is 1. The van der Waals surface area contributed by atoms with Crippen molar-refractivity contribution in [3.63, 3.8) is 0 Å². The van der Waals surface area contributed by atoms with Crippen molar-refractivity contribution in [2.45, 2.75) is 38.7 Å². The van der Waals surface area contributed by atoms with E-state index in [9.17, 15) is 5.11 Å². The van der Waals surface area contributed by atoms with Gasteiger partial charge in [-0.1, -0.05) is 36.9 Å². The molecule has 1 N–H and O–H groups in total. The monoisotopic (exact) mass is 279 g/mol. The molecule has 2 unspecified atom stereocenters. The summed E-state index contributed by atoms with van der Waals surface area (Å²) in [4.78, 5) is 2.43. The van der Waals surface area contributed by atoms with Crippen LogP contribution in [0.15, 0.2) is 18.2 Å². The van der Waals surface area contributed by atoms with Crippen LogP contribution in [0.1, 0.15) is 37.7 Å². The Morgan fingerprint density at radius 3 is 2.74 bits per heavy atom. The molecule has 1 aromatic carbocycles. The Labute approximate surface area is 120 Å². The first kappa shape index (κ1) is 13.3. The summed E-state index contributed by atoms with van der Waals surface area (Å²) in [7, 11) is 0. The van der Waals surface area contributed by atoms with Crippen molar-refractivity contribution in [2.75, 3.05) is 18.0 Å². The summed E-state index contributed by atoms with van der Waals surface area (Å²) < 4.78 is 0. The van der Waals surface area contributed by atoms with Gasteiger partial charge in [-0.3, -0.25) is 0 Å². The maximum Gasteiger partial charge on any atom is 0.0716 e. The summed E-state index contributed by atoms with van der Waals surface area (Å²) in [6, 6.07) is 5.95. The Kier molecular flexibility index (Phi) is 3.99. The summed E-state index contributed by atoms with van der Waals surface area (Å²) in [6.07, 6.45) is 6.89. The highest BCUT2D eigenvalue weighted by atomic mass is 35.5. The van der Waals surface area contributed by atoms with Crippen LogP contribution in [0.25, 0.3) is 0 Å². The highest BCUT2D eigenvalue weighted by Crippen LogP contribution is 2.39. The molecule has 0 aromatic heterocycles. The van der Waals surface area contributed by atoms with Gasteiger partial charge in [-0.25, -0.2) is 0 Å². The van der Waals surface area contributed by atoms with Gasteiger partial charge in [0.2, 0.25) is 0 Å². The first-order valence-corrected chi connectivity index (χ1v) is 7.80. The molecule has 0 radical (unpaired) electrons. The number of piperidine rings is 1. The van der Waals surface area contributed by atoms with E-state index in [1.54, 1.807) is 0 Å². The second kappa shape index (κ2) is 5.72. The summed E-state index contributed by atoms with van der Waals surface area (Å²) in [5, 5.41) is 10.2. The number of nitrogens with zero attached hydrogens (tertiary/aromatic N) is 1. The molecule has 1 aliphatic heterocycles. The lowest BCUT2D eigenvalue weighted by Crippen LogP contribution is -2.42. The fourth-order valence-electron chi connectivity index (χ4n) is 3.82. The zero-order chi connectivity index (χ0) is 13.2. The van der Waals surface area contributed by atoms with E-state index in [1.165, 1.54) is 32.1 Å². The predicted octanol–water partition coefficient (Wildman–Crippen LogP) is 3.85. The van der Waals surface area contributed by atoms with Gasteiger partial charge in [0.25, 0.3) is 0 Å². The third-order valence-electron chi connectivity index (χ3n) is 4.88. The van der Waals surface area contributed by atoms with E-state index in [2.05, 4.69) is 11.0 Å². The zero-order valence-electron chi connectivity index (χ0n) is 11.3. The summed E-state index contributed by atoms with van der Waals surface area (Å²) in [6.45, 7) is 2.27. The van der Waals surface area contributed by atoms with Crippen molar-refractivity contribution in [1.29, 1.82) is 0 Å². The fourth-order valence-corrected chi connectivity index (χ4v) is 4.05. The third kappa shape index (κ3) is 2.61. The molecule has 1 aromatic rings. The van der Waals surface area contributed by atoms with Crippen LogP contribution in [0.5, 0.6) is 0 Å². The molecule has 3 rings (SSSR count). The van der Waals surface area contributed by atoms with Crippen molar-refractivity contribution in [3.05, 3.63) is 28.8 Å². The Balaban J connectivity index is 1.81. The van der Waals surface area contributed by atoms with Gasteiger partial charge in [-0.05, 0) is 36.8 Å². The van der Waals surface area contributed by atoms with Gasteiger partial charge in [0, 0.05) is 29.4 Å². The SMILES string of the molecule is OCc1c(Cl)cccc1N1CCC2CCCCC2C1. The number of hydrogen-bond donors (Lipinski definition) is 1. The molecule has 0 bridgehead atoms. The van der Waals surface area contributed by atoms with Gasteiger partial charge in [0.15, 0.2) is 0 Å². The molecule has 2 nitrogen and oxygen atoms in total. The minimum Gasteiger partial charge on any atom is -0.392 e. The number of halogens is 1. The molecule has 0 amide bonds. The number of hydrogen-bond acceptors (Lipinski definition) is 2. The second-order valence-electron chi connectivity index (χ2n) is 5.93. The third-order valence-corrected chi connectivity index (χ3v) is 5.24. The van der Waals surface area contributed by atoms with E-state index < -0.39 is 0 Å².